The van der Waals surface area contributed by atoms with Crippen molar-refractivity contribution >= 4 is 5.91 Å². The summed E-state index contributed by atoms with van der Waals surface area (Å²) in [7, 11) is 3.29. The lowest BCUT2D eigenvalue weighted by atomic mass is 9.80. The number of benzene rings is 3. The number of amides is 1. The Balaban J connectivity index is 1.71. The summed E-state index contributed by atoms with van der Waals surface area (Å²) in [6, 6.07) is 25.6. The molecule has 4 rings (SSSR count). The smallest absolute Gasteiger partial charge is 0.222 e. The minimum Gasteiger partial charge on any atom is -0.497 e. The van der Waals surface area contributed by atoms with Crippen molar-refractivity contribution in [1.29, 1.82) is 0 Å². The first-order chi connectivity index (χ1) is 19.0. The Hall–Kier alpha value is -3.39. The molecule has 0 bridgehead atoms. The van der Waals surface area contributed by atoms with E-state index in [4.69, 9.17) is 19.9 Å². The van der Waals surface area contributed by atoms with Gasteiger partial charge in [-0.3, -0.25) is 4.79 Å². The van der Waals surface area contributed by atoms with Gasteiger partial charge in [-0.2, -0.15) is 0 Å². The van der Waals surface area contributed by atoms with Crippen LogP contribution in [-0.4, -0.2) is 62.0 Å². The fraction of sp³-hybridized carbons (Fsp3) is 0.406. The molecule has 1 aliphatic heterocycles. The molecule has 1 aliphatic rings. The number of rotatable bonds is 13. The third-order valence-corrected chi connectivity index (χ3v) is 7.47. The number of carbonyl (C=O) groups excluding carboxylic acids is 1. The molecule has 39 heavy (non-hydrogen) atoms. The maximum absolute atomic E-state index is 13.1. The average Bonchev–Trinajstić information content (AvgIpc) is 3.37. The van der Waals surface area contributed by atoms with Crippen LogP contribution in [-0.2, 0) is 15.1 Å². The van der Waals surface area contributed by atoms with E-state index >= 15 is 0 Å². The monoisotopic (exact) mass is 532 g/mol. The highest BCUT2D eigenvalue weighted by Gasteiger charge is 2.41. The van der Waals surface area contributed by atoms with Gasteiger partial charge in [-0.15, -0.1) is 0 Å². The molecule has 0 saturated carbocycles. The molecule has 1 heterocycles. The zero-order chi connectivity index (χ0) is 27.7. The number of unbranched alkanes of at least 4 members (excludes halogenated alkanes) is 2. The van der Waals surface area contributed by atoms with Crippen LogP contribution in [0.25, 0.3) is 0 Å². The molecule has 1 saturated heterocycles. The van der Waals surface area contributed by atoms with E-state index in [0.717, 1.165) is 47.5 Å². The van der Waals surface area contributed by atoms with Crippen molar-refractivity contribution in [2.75, 3.05) is 33.9 Å². The standard InChI is InChI=1S/C32H40N2O5/c1-37-29-16-12-25(13-17-29)32(24-9-5-3-6-10-24,26-14-18-30(38-2)19-15-26)39-23-27-21-28(35)22-34(27)31(36)11-7-4-8-20-33/h3,5-6,9-10,12-19,27-28,35H,4,7-8,11,20-23,33H2,1-2H3/t27-,28-/m0/s1. The van der Waals surface area contributed by atoms with Crippen LogP contribution in [0.1, 0.15) is 48.8 Å². The predicted molar refractivity (Wildman–Crippen MR) is 152 cm³/mol. The van der Waals surface area contributed by atoms with Crippen LogP contribution in [0.4, 0.5) is 0 Å². The summed E-state index contributed by atoms with van der Waals surface area (Å²) in [6.45, 7) is 1.22. The van der Waals surface area contributed by atoms with Crippen molar-refractivity contribution in [3.63, 3.8) is 0 Å². The molecule has 208 valence electrons. The quantitative estimate of drug-likeness (QED) is 0.249. The van der Waals surface area contributed by atoms with Gasteiger partial charge in [0.15, 0.2) is 0 Å². The second-order valence-electron chi connectivity index (χ2n) is 10.0. The van der Waals surface area contributed by atoms with Gasteiger partial charge in [0.2, 0.25) is 5.91 Å². The van der Waals surface area contributed by atoms with E-state index in [2.05, 4.69) is 12.1 Å². The summed E-state index contributed by atoms with van der Waals surface area (Å²) in [5.74, 6) is 1.55. The zero-order valence-electron chi connectivity index (χ0n) is 22.9. The fourth-order valence-corrected chi connectivity index (χ4v) is 5.39. The van der Waals surface area contributed by atoms with E-state index in [1.165, 1.54) is 0 Å². The lowest BCUT2D eigenvalue weighted by Crippen LogP contribution is -2.42. The Morgan fingerprint density at radius 1 is 0.872 bits per heavy atom. The highest BCUT2D eigenvalue weighted by Crippen LogP contribution is 2.42. The number of likely N-dealkylation sites (tertiary alicyclic amines) is 1. The molecule has 1 fully saturated rings. The number of hydrogen-bond donors (Lipinski definition) is 2. The van der Waals surface area contributed by atoms with Crippen molar-refractivity contribution in [2.24, 2.45) is 5.73 Å². The van der Waals surface area contributed by atoms with E-state index in [0.29, 0.717) is 25.9 Å². The first-order valence-corrected chi connectivity index (χ1v) is 13.7. The first kappa shape index (κ1) is 28.6. The van der Waals surface area contributed by atoms with Gasteiger partial charge in [0.25, 0.3) is 0 Å². The topological polar surface area (TPSA) is 94.2 Å². The molecule has 0 aromatic heterocycles. The Labute approximate surface area is 231 Å². The molecule has 3 aromatic rings. The number of nitrogens with two attached hydrogens (primary N) is 1. The second kappa shape index (κ2) is 13.6. The molecule has 7 heteroatoms. The maximum atomic E-state index is 13.1. The molecule has 0 spiro atoms. The van der Waals surface area contributed by atoms with Crippen LogP contribution in [0, 0.1) is 0 Å². The highest BCUT2D eigenvalue weighted by atomic mass is 16.5. The van der Waals surface area contributed by atoms with Gasteiger partial charge in [-0.05, 0) is 66.8 Å². The van der Waals surface area contributed by atoms with E-state index in [1.54, 1.807) is 19.1 Å². The number of carbonyl (C=O) groups is 1. The van der Waals surface area contributed by atoms with Gasteiger partial charge < -0.3 is 30.0 Å². The number of ether oxygens (including phenoxy) is 3. The van der Waals surface area contributed by atoms with Gasteiger partial charge in [0.1, 0.15) is 17.1 Å². The third-order valence-electron chi connectivity index (χ3n) is 7.47. The normalized spacial score (nSPS) is 17.3. The zero-order valence-corrected chi connectivity index (χ0v) is 22.9. The van der Waals surface area contributed by atoms with Gasteiger partial charge >= 0.3 is 0 Å². The average molecular weight is 533 g/mol. The number of β-amino-alcohol motifs (C(OH)–C–C–N with tert-alkyl or cyclic N) is 1. The summed E-state index contributed by atoms with van der Waals surface area (Å²) in [5, 5.41) is 10.5. The second-order valence-corrected chi connectivity index (χ2v) is 10.0. The van der Waals surface area contributed by atoms with Crippen LogP contribution < -0.4 is 15.2 Å². The number of nitrogens with zero attached hydrogens (tertiary/aromatic N) is 1. The third kappa shape index (κ3) is 6.61. The molecule has 1 amide bonds. The largest absolute Gasteiger partial charge is 0.497 e. The summed E-state index contributed by atoms with van der Waals surface area (Å²) in [4.78, 5) is 14.9. The summed E-state index contributed by atoms with van der Waals surface area (Å²) >= 11 is 0. The van der Waals surface area contributed by atoms with Crippen molar-refractivity contribution in [2.45, 2.75) is 49.9 Å². The van der Waals surface area contributed by atoms with E-state index in [9.17, 15) is 9.90 Å². The van der Waals surface area contributed by atoms with E-state index in [1.807, 2.05) is 66.7 Å². The molecule has 2 atom stereocenters. The summed E-state index contributed by atoms with van der Waals surface area (Å²) in [5.41, 5.74) is 7.45. The van der Waals surface area contributed by atoms with Crippen LogP contribution >= 0.6 is 0 Å². The molecule has 3 aromatic carbocycles. The number of methoxy groups -OCH3 is 2. The Bertz CT molecular complexity index is 1120. The predicted octanol–water partition coefficient (Wildman–Crippen LogP) is 4.49. The van der Waals surface area contributed by atoms with Crippen LogP contribution in [0.5, 0.6) is 11.5 Å². The van der Waals surface area contributed by atoms with E-state index in [-0.39, 0.29) is 18.6 Å². The molecule has 0 unspecified atom stereocenters. The van der Waals surface area contributed by atoms with Crippen molar-refractivity contribution in [1.82, 2.24) is 4.90 Å². The fourth-order valence-electron chi connectivity index (χ4n) is 5.39. The molecule has 0 radical (unpaired) electrons. The lowest BCUT2D eigenvalue weighted by molar-refractivity contribution is -0.134. The molecular formula is C32H40N2O5. The molecule has 0 aliphatic carbocycles. The van der Waals surface area contributed by atoms with Crippen LogP contribution in [0.3, 0.4) is 0 Å². The lowest BCUT2D eigenvalue weighted by Gasteiger charge is -2.38. The first-order valence-electron chi connectivity index (χ1n) is 13.7. The Morgan fingerprint density at radius 2 is 1.44 bits per heavy atom. The SMILES string of the molecule is COc1ccc(C(OC[C@@H]2C[C@H](O)CN2C(=O)CCCCCN)(c2ccccc2)c2ccc(OC)cc2)cc1. The minimum absolute atomic E-state index is 0.0522. The number of hydrogen-bond acceptors (Lipinski definition) is 6. The summed E-state index contributed by atoms with van der Waals surface area (Å²) in [6.07, 6.45) is 2.98. The highest BCUT2D eigenvalue weighted by molar-refractivity contribution is 5.77. The summed E-state index contributed by atoms with van der Waals surface area (Å²) < 4.78 is 17.8. The van der Waals surface area contributed by atoms with Crippen molar-refractivity contribution in [3.05, 3.63) is 95.6 Å². The van der Waals surface area contributed by atoms with Crippen molar-refractivity contribution in [3.8, 4) is 11.5 Å². The van der Waals surface area contributed by atoms with Gasteiger partial charge in [0.05, 0.1) is 33.0 Å². The molecule has 3 N–H and O–H groups in total. The van der Waals surface area contributed by atoms with Gasteiger partial charge in [0, 0.05) is 13.0 Å². The van der Waals surface area contributed by atoms with Crippen molar-refractivity contribution < 1.29 is 24.1 Å². The Kier molecular flexibility index (Phi) is 9.98. The van der Waals surface area contributed by atoms with Crippen LogP contribution in [0.15, 0.2) is 78.9 Å². The van der Waals surface area contributed by atoms with Gasteiger partial charge in [-0.25, -0.2) is 0 Å². The number of aliphatic hydroxyl groups is 1. The van der Waals surface area contributed by atoms with Gasteiger partial charge in [-0.1, -0.05) is 61.0 Å². The maximum Gasteiger partial charge on any atom is 0.222 e. The number of aliphatic hydroxyl groups excluding tert-OH is 1. The minimum atomic E-state index is -0.969. The Morgan fingerprint density at radius 3 is 1.97 bits per heavy atom. The molecular weight excluding hydrogens is 492 g/mol. The molecule has 7 nitrogen and oxygen atoms in total. The van der Waals surface area contributed by atoms with E-state index < -0.39 is 11.7 Å². The van der Waals surface area contributed by atoms with Crippen LogP contribution in [0.2, 0.25) is 0 Å².